The fourth-order valence-electron chi connectivity index (χ4n) is 4.41. The Morgan fingerprint density at radius 3 is 2.81 bits per heavy atom. The van der Waals surface area contributed by atoms with Crippen LogP contribution in [-0.4, -0.2) is 68.2 Å². The molecular weight excluding hydrogens is 408 g/mol. The number of carbonyl (C=O) groups excluding carboxylic acids is 2. The number of likely N-dealkylation sites (N-methyl/N-ethyl adjacent to an activating group) is 1. The van der Waals surface area contributed by atoms with Gasteiger partial charge in [-0.3, -0.25) is 19.3 Å². The summed E-state index contributed by atoms with van der Waals surface area (Å²) < 4.78 is 33.8. The van der Waals surface area contributed by atoms with Crippen LogP contribution in [0.2, 0.25) is 0 Å². The predicted molar refractivity (Wildman–Crippen MR) is 106 cm³/mol. The Hall–Kier alpha value is -2.88. The average Bonchev–Trinajstić information content (AvgIpc) is 3.36. The second kappa shape index (κ2) is 8.70. The fourth-order valence-corrected chi connectivity index (χ4v) is 4.41. The average molecular weight is 433 g/mol. The monoisotopic (exact) mass is 433 g/mol. The molecule has 0 aromatic carbocycles. The summed E-state index contributed by atoms with van der Waals surface area (Å²) in [5, 5.41) is 3.73. The number of alkyl halides is 2. The maximum Gasteiger partial charge on any atom is 0.282 e. The maximum absolute atomic E-state index is 13.3. The van der Waals surface area contributed by atoms with Crippen molar-refractivity contribution in [3.63, 3.8) is 0 Å². The van der Waals surface area contributed by atoms with E-state index in [0.717, 1.165) is 5.69 Å². The summed E-state index contributed by atoms with van der Waals surface area (Å²) in [5.41, 5.74) is 0.208. The molecule has 0 saturated carbocycles. The number of fused-ring (bicyclic) bond motifs is 1. The second-order valence-electron chi connectivity index (χ2n) is 8.01. The molecule has 0 spiro atoms. The van der Waals surface area contributed by atoms with Crippen molar-refractivity contribution >= 4 is 11.8 Å². The van der Waals surface area contributed by atoms with Crippen LogP contribution in [0.15, 0.2) is 30.6 Å². The Kier molecular flexibility index (Phi) is 5.99. The van der Waals surface area contributed by atoms with Crippen LogP contribution in [0.25, 0.3) is 0 Å². The molecule has 2 aromatic rings. The highest BCUT2D eigenvalue weighted by Gasteiger charge is 2.45. The predicted octanol–water partition coefficient (Wildman–Crippen LogP) is 2.17. The molecular formula is C21H25F2N5O3. The van der Waals surface area contributed by atoms with Crippen LogP contribution >= 0.6 is 0 Å². The number of nitrogens with zero attached hydrogens (tertiary/aromatic N) is 5. The zero-order chi connectivity index (χ0) is 22.1. The van der Waals surface area contributed by atoms with Crippen LogP contribution < -0.4 is 0 Å². The number of aryl methyl sites for hydroxylation is 1. The van der Waals surface area contributed by atoms with E-state index in [4.69, 9.17) is 4.74 Å². The van der Waals surface area contributed by atoms with E-state index in [1.54, 1.807) is 23.0 Å². The van der Waals surface area contributed by atoms with Gasteiger partial charge in [0.15, 0.2) is 0 Å². The summed E-state index contributed by atoms with van der Waals surface area (Å²) in [6.45, 7) is 0.784. The third-order valence-electron chi connectivity index (χ3n) is 5.88. The van der Waals surface area contributed by atoms with E-state index in [-0.39, 0.29) is 23.6 Å². The zero-order valence-electron chi connectivity index (χ0n) is 17.4. The number of aromatic nitrogens is 3. The Bertz CT molecular complexity index is 952. The van der Waals surface area contributed by atoms with Crippen molar-refractivity contribution in [2.75, 3.05) is 13.6 Å². The Morgan fingerprint density at radius 2 is 2.10 bits per heavy atom. The maximum atomic E-state index is 13.3. The van der Waals surface area contributed by atoms with E-state index in [1.165, 1.54) is 17.9 Å². The lowest BCUT2D eigenvalue weighted by Crippen LogP contribution is -2.49. The van der Waals surface area contributed by atoms with E-state index >= 15 is 0 Å². The number of rotatable bonds is 5. The van der Waals surface area contributed by atoms with Gasteiger partial charge in [-0.2, -0.15) is 5.10 Å². The number of amides is 2. The van der Waals surface area contributed by atoms with Crippen LogP contribution in [0, 0.1) is 0 Å². The number of hydrogen-bond donors (Lipinski definition) is 0. The van der Waals surface area contributed by atoms with Gasteiger partial charge in [-0.15, -0.1) is 0 Å². The van der Waals surface area contributed by atoms with Crippen molar-refractivity contribution in [2.45, 2.75) is 50.5 Å². The molecule has 3 atom stereocenters. The van der Waals surface area contributed by atoms with Gasteiger partial charge in [-0.25, -0.2) is 8.78 Å². The summed E-state index contributed by atoms with van der Waals surface area (Å²) in [6.07, 6.45) is 0.925. The Morgan fingerprint density at radius 1 is 1.29 bits per heavy atom. The van der Waals surface area contributed by atoms with Gasteiger partial charge in [0.25, 0.3) is 18.2 Å². The van der Waals surface area contributed by atoms with Gasteiger partial charge >= 0.3 is 0 Å². The SMILES string of the molecule is CN(Cc1ccccn1)C(=O)[C@@H]1CC[C@@H]2[C@@H](CCN2C(=O)c2cn(C)nc2C(F)F)O1. The minimum absolute atomic E-state index is 0.0774. The molecule has 2 amide bonds. The topological polar surface area (TPSA) is 80.6 Å². The first kappa shape index (κ1) is 21.4. The molecule has 0 N–H and O–H groups in total. The summed E-state index contributed by atoms with van der Waals surface area (Å²) in [5.74, 6) is -0.585. The summed E-state index contributed by atoms with van der Waals surface area (Å²) >= 11 is 0. The van der Waals surface area contributed by atoms with Gasteiger partial charge in [0, 0.05) is 33.0 Å². The first-order chi connectivity index (χ1) is 14.8. The summed E-state index contributed by atoms with van der Waals surface area (Å²) in [4.78, 5) is 33.2. The normalized spacial score (nSPS) is 23.1. The number of hydrogen-bond acceptors (Lipinski definition) is 5. The van der Waals surface area contributed by atoms with E-state index in [9.17, 15) is 18.4 Å². The lowest BCUT2D eigenvalue weighted by Gasteiger charge is -2.36. The first-order valence-electron chi connectivity index (χ1n) is 10.3. The van der Waals surface area contributed by atoms with Gasteiger partial charge in [-0.05, 0) is 31.4 Å². The largest absolute Gasteiger partial charge is 0.363 e. The molecule has 0 aliphatic carbocycles. The van der Waals surface area contributed by atoms with Gasteiger partial charge in [-0.1, -0.05) is 6.07 Å². The van der Waals surface area contributed by atoms with Gasteiger partial charge in [0.2, 0.25) is 0 Å². The van der Waals surface area contributed by atoms with Crippen molar-refractivity contribution in [2.24, 2.45) is 7.05 Å². The molecule has 4 rings (SSSR count). The van der Waals surface area contributed by atoms with E-state index in [1.807, 2.05) is 18.2 Å². The van der Waals surface area contributed by atoms with Gasteiger partial charge in [0.05, 0.1) is 29.9 Å². The van der Waals surface area contributed by atoms with Crippen LogP contribution in [0.5, 0.6) is 0 Å². The minimum Gasteiger partial charge on any atom is -0.363 e. The third-order valence-corrected chi connectivity index (χ3v) is 5.88. The minimum atomic E-state index is -2.82. The molecule has 2 aliphatic rings. The smallest absolute Gasteiger partial charge is 0.282 e. The van der Waals surface area contributed by atoms with E-state index < -0.39 is 24.1 Å². The zero-order valence-corrected chi connectivity index (χ0v) is 17.4. The number of carbonyl (C=O) groups is 2. The summed E-state index contributed by atoms with van der Waals surface area (Å²) in [6, 6.07) is 5.31. The highest BCUT2D eigenvalue weighted by Crippen LogP contribution is 2.34. The van der Waals surface area contributed by atoms with E-state index in [0.29, 0.717) is 32.4 Å². The first-order valence-corrected chi connectivity index (χ1v) is 10.3. The molecule has 0 radical (unpaired) electrons. The van der Waals surface area contributed by atoms with Crippen molar-refractivity contribution in [3.05, 3.63) is 47.5 Å². The fraction of sp³-hybridized carbons (Fsp3) is 0.524. The van der Waals surface area contributed by atoms with Crippen molar-refractivity contribution in [3.8, 4) is 0 Å². The van der Waals surface area contributed by atoms with Gasteiger partial charge < -0.3 is 14.5 Å². The number of likely N-dealkylation sites (tertiary alicyclic amines) is 1. The van der Waals surface area contributed by atoms with Crippen molar-refractivity contribution in [1.82, 2.24) is 24.6 Å². The molecule has 0 unspecified atom stereocenters. The molecule has 2 aliphatic heterocycles. The van der Waals surface area contributed by atoms with Crippen LogP contribution in [0.1, 0.15) is 47.4 Å². The molecule has 0 bridgehead atoms. The highest BCUT2D eigenvalue weighted by atomic mass is 19.3. The number of ether oxygens (including phenoxy) is 1. The second-order valence-corrected chi connectivity index (χ2v) is 8.01. The number of halogens is 2. The Labute approximate surface area is 178 Å². The molecule has 2 aromatic heterocycles. The Balaban J connectivity index is 1.40. The van der Waals surface area contributed by atoms with Crippen LogP contribution in [0.4, 0.5) is 8.78 Å². The molecule has 2 fully saturated rings. The molecule has 166 valence electrons. The summed E-state index contributed by atoms with van der Waals surface area (Å²) in [7, 11) is 3.22. The molecule has 10 heteroatoms. The lowest BCUT2D eigenvalue weighted by molar-refractivity contribution is -0.153. The van der Waals surface area contributed by atoms with E-state index in [2.05, 4.69) is 10.1 Å². The van der Waals surface area contributed by atoms with Crippen LogP contribution in [0.3, 0.4) is 0 Å². The third kappa shape index (κ3) is 4.30. The van der Waals surface area contributed by atoms with Crippen LogP contribution in [-0.2, 0) is 23.1 Å². The molecule has 31 heavy (non-hydrogen) atoms. The molecule has 2 saturated heterocycles. The van der Waals surface area contributed by atoms with Gasteiger partial charge in [0.1, 0.15) is 11.8 Å². The number of pyridine rings is 1. The lowest BCUT2D eigenvalue weighted by atomic mass is 9.98. The van der Waals surface area contributed by atoms with Crippen molar-refractivity contribution < 1.29 is 23.1 Å². The molecule has 8 nitrogen and oxygen atoms in total. The quantitative estimate of drug-likeness (QED) is 0.722. The van der Waals surface area contributed by atoms with Crippen molar-refractivity contribution in [1.29, 1.82) is 0 Å². The standard InChI is InChI=1S/C21H25F2N5O3/c1-26(11-13-5-3-4-9-24-13)21(30)17-7-6-15-16(31-17)8-10-28(15)20(29)14-12-27(2)25-18(14)19(22)23/h3-5,9,12,15-17,19H,6-8,10-11H2,1-2H3/t15-,16-,17+/m1/s1. The molecule has 4 heterocycles. The highest BCUT2D eigenvalue weighted by molar-refractivity contribution is 5.95.